The molecule has 0 saturated carbocycles. The van der Waals surface area contributed by atoms with E-state index in [-0.39, 0.29) is 18.5 Å². The Morgan fingerprint density at radius 1 is 1.38 bits per heavy atom. The highest BCUT2D eigenvalue weighted by Crippen LogP contribution is 2.27. The second-order valence-corrected chi connectivity index (χ2v) is 6.77. The molecule has 3 aromatic rings. The van der Waals surface area contributed by atoms with Crippen molar-refractivity contribution >= 4 is 16.8 Å². The second-order valence-electron chi connectivity index (χ2n) is 6.77. The van der Waals surface area contributed by atoms with Crippen LogP contribution >= 0.6 is 0 Å². The Bertz CT molecular complexity index is 993. The first kappa shape index (κ1) is 16.4. The molecule has 0 radical (unpaired) electrons. The minimum Gasteiger partial charge on any atom is -0.337 e. The van der Waals surface area contributed by atoms with E-state index >= 15 is 0 Å². The first-order valence-electron chi connectivity index (χ1n) is 8.92. The van der Waals surface area contributed by atoms with Crippen LogP contribution in [0.4, 0.5) is 0 Å². The van der Waals surface area contributed by atoms with Crippen LogP contribution in [0.1, 0.15) is 35.1 Å². The number of aromatic nitrogens is 3. The van der Waals surface area contributed by atoms with Crippen molar-refractivity contribution in [3.8, 4) is 6.07 Å². The van der Waals surface area contributed by atoms with E-state index in [9.17, 15) is 4.79 Å². The van der Waals surface area contributed by atoms with Gasteiger partial charge in [0.2, 0.25) is 0 Å². The molecule has 0 aliphatic carbocycles. The van der Waals surface area contributed by atoms with Crippen LogP contribution in [0.25, 0.3) is 10.9 Å². The summed E-state index contributed by atoms with van der Waals surface area (Å²) >= 11 is 0. The lowest BCUT2D eigenvalue weighted by Gasteiger charge is -2.34. The molecule has 0 bridgehead atoms. The van der Waals surface area contributed by atoms with Gasteiger partial charge in [-0.15, -0.1) is 0 Å². The fourth-order valence-electron chi connectivity index (χ4n) is 3.93. The maximum Gasteiger partial charge on any atom is 0.256 e. The Kier molecular flexibility index (Phi) is 4.21. The van der Waals surface area contributed by atoms with Crippen LogP contribution in [-0.2, 0) is 6.54 Å². The molecule has 1 fully saturated rings. The first-order valence-corrected chi connectivity index (χ1v) is 8.92. The van der Waals surface area contributed by atoms with Crippen LogP contribution in [0.5, 0.6) is 0 Å². The number of rotatable bonds is 3. The Morgan fingerprint density at radius 3 is 3.00 bits per heavy atom. The molecular formula is C20H21N5O. The maximum atomic E-state index is 13.2. The highest BCUT2D eigenvalue weighted by molar-refractivity contribution is 6.07. The molecule has 1 aliphatic rings. The zero-order valence-electron chi connectivity index (χ0n) is 14.8. The first-order chi connectivity index (χ1) is 12.7. The van der Waals surface area contributed by atoms with Gasteiger partial charge >= 0.3 is 0 Å². The van der Waals surface area contributed by atoms with Gasteiger partial charge in [-0.3, -0.25) is 4.79 Å². The molecule has 1 aliphatic heterocycles. The molecule has 6 nitrogen and oxygen atoms in total. The zero-order chi connectivity index (χ0) is 18.1. The largest absolute Gasteiger partial charge is 0.337 e. The van der Waals surface area contributed by atoms with E-state index in [4.69, 9.17) is 5.26 Å². The molecule has 1 unspecified atom stereocenters. The monoisotopic (exact) mass is 347 g/mol. The molecule has 0 N–H and O–H groups in total. The predicted octanol–water partition coefficient (Wildman–Crippen LogP) is 3.15. The summed E-state index contributed by atoms with van der Waals surface area (Å²) in [4.78, 5) is 19.5. The lowest BCUT2D eigenvalue weighted by molar-refractivity contribution is 0.0680. The van der Waals surface area contributed by atoms with Gasteiger partial charge in [0.1, 0.15) is 12.4 Å². The van der Waals surface area contributed by atoms with Gasteiger partial charge in [0, 0.05) is 42.6 Å². The Balaban J connectivity index is 1.64. The van der Waals surface area contributed by atoms with E-state index < -0.39 is 0 Å². The van der Waals surface area contributed by atoms with Crippen LogP contribution in [0.15, 0.2) is 42.9 Å². The van der Waals surface area contributed by atoms with Crippen molar-refractivity contribution in [3.63, 3.8) is 0 Å². The summed E-state index contributed by atoms with van der Waals surface area (Å²) in [5.74, 6) is 1.02. The smallest absolute Gasteiger partial charge is 0.256 e. The Labute approximate surface area is 152 Å². The van der Waals surface area contributed by atoms with E-state index in [0.717, 1.165) is 36.1 Å². The number of aryl methyl sites for hydroxylation is 1. The molecule has 2 aromatic heterocycles. The number of piperidine rings is 1. The van der Waals surface area contributed by atoms with Gasteiger partial charge in [0.25, 0.3) is 5.91 Å². The van der Waals surface area contributed by atoms with E-state index in [1.54, 1.807) is 0 Å². The van der Waals surface area contributed by atoms with Crippen LogP contribution in [0.2, 0.25) is 0 Å². The molecule has 4 rings (SSSR count). The van der Waals surface area contributed by atoms with Crippen LogP contribution in [0, 0.1) is 18.3 Å². The second kappa shape index (κ2) is 6.68. The third kappa shape index (κ3) is 2.76. The number of amides is 1. The van der Waals surface area contributed by atoms with Crippen molar-refractivity contribution in [1.82, 2.24) is 19.0 Å². The van der Waals surface area contributed by atoms with Gasteiger partial charge in [-0.1, -0.05) is 18.2 Å². The van der Waals surface area contributed by atoms with Gasteiger partial charge < -0.3 is 14.0 Å². The van der Waals surface area contributed by atoms with Gasteiger partial charge in [0.05, 0.1) is 17.7 Å². The molecule has 26 heavy (non-hydrogen) atoms. The molecule has 1 amide bonds. The predicted molar refractivity (Wildman–Crippen MR) is 98.7 cm³/mol. The van der Waals surface area contributed by atoms with E-state index in [0.29, 0.717) is 12.1 Å². The van der Waals surface area contributed by atoms with E-state index in [2.05, 4.69) is 15.6 Å². The van der Waals surface area contributed by atoms with Gasteiger partial charge in [-0.05, 0) is 25.8 Å². The highest BCUT2D eigenvalue weighted by atomic mass is 16.2. The molecule has 1 aromatic carbocycles. The van der Waals surface area contributed by atoms with Crippen molar-refractivity contribution in [3.05, 3.63) is 54.2 Å². The number of likely N-dealkylation sites (tertiary alicyclic amines) is 1. The molecule has 3 heterocycles. The lowest BCUT2D eigenvalue weighted by atomic mass is 10.0. The summed E-state index contributed by atoms with van der Waals surface area (Å²) in [5.41, 5.74) is 1.61. The third-order valence-corrected chi connectivity index (χ3v) is 5.20. The summed E-state index contributed by atoms with van der Waals surface area (Å²) in [6.45, 7) is 3.69. The summed E-state index contributed by atoms with van der Waals surface area (Å²) in [7, 11) is 0. The Morgan fingerprint density at radius 2 is 2.23 bits per heavy atom. The Hall–Kier alpha value is -3.07. The van der Waals surface area contributed by atoms with Crippen LogP contribution < -0.4 is 0 Å². The number of hydrogen-bond acceptors (Lipinski definition) is 3. The number of nitriles is 1. The number of carbonyl (C=O) groups is 1. The number of para-hydroxylation sites is 1. The summed E-state index contributed by atoms with van der Waals surface area (Å²) < 4.78 is 4.02. The number of nitrogens with zero attached hydrogens (tertiary/aromatic N) is 5. The SMILES string of the molecule is Cc1nccn1C1CCCN(C(=O)c2cn(CC#N)c3ccccc23)C1. The van der Waals surface area contributed by atoms with Crippen molar-refractivity contribution in [2.75, 3.05) is 13.1 Å². The lowest BCUT2D eigenvalue weighted by Crippen LogP contribution is -2.40. The summed E-state index contributed by atoms with van der Waals surface area (Å²) in [5, 5.41) is 9.98. The molecular weight excluding hydrogens is 326 g/mol. The number of imidazole rings is 1. The number of carbonyl (C=O) groups excluding carboxylic acids is 1. The zero-order valence-corrected chi connectivity index (χ0v) is 14.8. The average Bonchev–Trinajstić information content (AvgIpc) is 3.26. The van der Waals surface area contributed by atoms with Crippen molar-refractivity contribution < 1.29 is 4.79 Å². The maximum absolute atomic E-state index is 13.2. The summed E-state index contributed by atoms with van der Waals surface area (Å²) in [6, 6.07) is 10.2. The van der Waals surface area contributed by atoms with Crippen molar-refractivity contribution in [2.45, 2.75) is 32.4 Å². The fourth-order valence-corrected chi connectivity index (χ4v) is 3.93. The minimum absolute atomic E-state index is 0.0420. The minimum atomic E-state index is 0.0420. The molecule has 1 atom stereocenters. The van der Waals surface area contributed by atoms with Gasteiger partial charge in [-0.2, -0.15) is 5.26 Å². The van der Waals surface area contributed by atoms with Gasteiger partial charge in [-0.25, -0.2) is 4.98 Å². The summed E-state index contributed by atoms with van der Waals surface area (Å²) in [6.07, 6.45) is 7.66. The number of benzene rings is 1. The van der Waals surface area contributed by atoms with Gasteiger partial charge in [0.15, 0.2) is 0 Å². The van der Waals surface area contributed by atoms with E-state index in [1.165, 1.54) is 0 Å². The number of hydrogen-bond donors (Lipinski definition) is 0. The molecule has 6 heteroatoms. The third-order valence-electron chi connectivity index (χ3n) is 5.20. The van der Waals surface area contributed by atoms with Crippen LogP contribution in [-0.4, -0.2) is 38.0 Å². The quantitative estimate of drug-likeness (QED) is 0.731. The van der Waals surface area contributed by atoms with Crippen LogP contribution in [0.3, 0.4) is 0 Å². The standard InChI is InChI=1S/C20H21N5O/c1-15-22-9-12-25(15)16-5-4-10-24(13-16)20(26)18-14-23(11-8-21)19-7-3-2-6-17(18)19/h2-3,6-7,9,12,14,16H,4-5,10-11,13H2,1H3. The number of fused-ring (bicyclic) bond motifs is 1. The van der Waals surface area contributed by atoms with Crippen molar-refractivity contribution in [2.24, 2.45) is 0 Å². The highest BCUT2D eigenvalue weighted by Gasteiger charge is 2.27. The van der Waals surface area contributed by atoms with E-state index in [1.807, 2.05) is 59.2 Å². The molecule has 132 valence electrons. The average molecular weight is 347 g/mol. The fraction of sp³-hybridized carbons (Fsp3) is 0.350. The normalized spacial score (nSPS) is 17.4. The van der Waals surface area contributed by atoms with Crippen molar-refractivity contribution in [1.29, 1.82) is 5.26 Å². The molecule has 0 spiro atoms. The molecule has 1 saturated heterocycles. The topological polar surface area (TPSA) is 66.8 Å².